The van der Waals surface area contributed by atoms with Crippen molar-refractivity contribution in [1.82, 2.24) is 0 Å². The summed E-state index contributed by atoms with van der Waals surface area (Å²) in [6.45, 7) is 0. The maximum Gasteiger partial charge on any atom is 0.159 e. The lowest BCUT2D eigenvalue weighted by Crippen LogP contribution is -2.32. The molecule has 0 N–H and O–H groups in total. The van der Waals surface area contributed by atoms with Crippen LogP contribution in [0.1, 0.15) is 22.3 Å². The Labute approximate surface area is 360 Å². The minimum Gasteiger partial charge on any atom is -0.454 e. The zero-order valence-electron chi connectivity index (χ0n) is 33.7. The van der Waals surface area contributed by atoms with E-state index >= 15 is 0 Å². The number of hydrogen-bond acceptors (Lipinski definition) is 3. The molecule has 0 amide bonds. The van der Waals surface area contributed by atoms with E-state index in [1.165, 1.54) is 55.3 Å². The standard InChI is InChI=1S/C59H38N2O/c1-5-20-40(21-6-1)60(41-22-7-2-8-23-41)44-34-35-46-45-28-13-14-31-49(45)59(52(46)38-44)50-32-16-19-39-18-15-29-47(55(39)50)56-51(59)36-37-54-57(56)48-30-17-33-53(58(48)62-54)61(42-24-9-3-10-25-42)43-26-11-4-12-27-43/h1-38H. The predicted octanol–water partition coefficient (Wildman–Crippen LogP) is 16.0. The fourth-order valence-electron chi connectivity index (χ4n) is 10.8. The van der Waals surface area contributed by atoms with Gasteiger partial charge in [-0.1, -0.05) is 158 Å². The summed E-state index contributed by atoms with van der Waals surface area (Å²) in [6.07, 6.45) is 0. The lowest BCUT2D eigenvalue weighted by Gasteiger charge is -2.40. The molecule has 2 aliphatic rings. The second-order valence-electron chi connectivity index (χ2n) is 16.4. The van der Waals surface area contributed by atoms with Gasteiger partial charge in [0.25, 0.3) is 0 Å². The molecule has 0 aliphatic heterocycles. The maximum absolute atomic E-state index is 7.15. The Morgan fingerprint density at radius 2 is 0.887 bits per heavy atom. The molecule has 1 atom stereocenters. The molecule has 290 valence electrons. The van der Waals surface area contributed by atoms with E-state index in [0.29, 0.717) is 0 Å². The molecule has 1 unspecified atom stereocenters. The average Bonchev–Trinajstić information content (AvgIpc) is 3.86. The number of fused-ring (bicyclic) bond motifs is 13. The number of nitrogens with zero attached hydrogens (tertiary/aromatic N) is 2. The Bertz CT molecular complexity index is 3440. The van der Waals surface area contributed by atoms with Crippen LogP contribution in [0.15, 0.2) is 235 Å². The molecular formula is C59H38N2O. The van der Waals surface area contributed by atoms with Gasteiger partial charge in [0.15, 0.2) is 5.58 Å². The highest BCUT2D eigenvalue weighted by Crippen LogP contribution is 2.64. The van der Waals surface area contributed by atoms with Crippen molar-refractivity contribution in [2.75, 3.05) is 9.80 Å². The van der Waals surface area contributed by atoms with Crippen LogP contribution in [0.25, 0.3) is 55.0 Å². The summed E-state index contributed by atoms with van der Waals surface area (Å²) >= 11 is 0. The van der Waals surface area contributed by atoms with Gasteiger partial charge < -0.3 is 14.2 Å². The number of anilines is 6. The summed E-state index contributed by atoms with van der Waals surface area (Å²) in [5.41, 5.74) is 17.7. The van der Waals surface area contributed by atoms with Gasteiger partial charge in [-0.15, -0.1) is 0 Å². The van der Waals surface area contributed by atoms with Crippen molar-refractivity contribution in [2.45, 2.75) is 5.41 Å². The van der Waals surface area contributed by atoms with E-state index in [4.69, 9.17) is 4.42 Å². The number of para-hydroxylation sites is 5. The third-order valence-corrected chi connectivity index (χ3v) is 13.2. The first-order valence-electron chi connectivity index (χ1n) is 21.4. The minimum absolute atomic E-state index is 0.625. The topological polar surface area (TPSA) is 19.6 Å². The second-order valence-corrected chi connectivity index (χ2v) is 16.4. The van der Waals surface area contributed by atoms with Gasteiger partial charge in [0.05, 0.1) is 11.1 Å². The molecule has 3 heteroatoms. The summed E-state index contributed by atoms with van der Waals surface area (Å²) in [6, 6.07) is 83.8. The predicted molar refractivity (Wildman–Crippen MR) is 257 cm³/mol. The van der Waals surface area contributed by atoms with Crippen LogP contribution in [0.3, 0.4) is 0 Å². The van der Waals surface area contributed by atoms with E-state index < -0.39 is 5.41 Å². The number of furan rings is 1. The van der Waals surface area contributed by atoms with Crippen LogP contribution in [0.5, 0.6) is 0 Å². The Kier molecular flexibility index (Phi) is 7.52. The molecule has 1 heterocycles. The summed E-state index contributed by atoms with van der Waals surface area (Å²) < 4.78 is 7.15. The maximum atomic E-state index is 7.15. The first kappa shape index (κ1) is 34.7. The molecule has 0 fully saturated rings. The first-order chi connectivity index (χ1) is 30.8. The van der Waals surface area contributed by atoms with E-state index in [9.17, 15) is 0 Å². The Balaban J connectivity index is 1.14. The number of hydrogen-bond donors (Lipinski definition) is 0. The molecule has 3 nitrogen and oxygen atoms in total. The Hall–Kier alpha value is -8.14. The lowest BCUT2D eigenvalue weighted by atomic mass is 9.61. The Morgan fingerprint density at radius 1 is 0.339 bits per heavy atom. The largest absolute Gasteiger partial charge is 0.454 e. The molecular weight excluding hydrogens is 753 g/mol. The van der Waals surface area contributed by atoms with Gasteiger partial charge in [-0.2, -0.15) is 0 Å². The van der Waals surface area contributed by atoms with E-state index in [1.54, 1.807) is 0 Å². The molecule has 0 saturated heterocycles. The first-order valence-corrected chi connectivity index (χ1v) is 21.4. The summed E-state index contributed by atoms with van der Waals surface area (Å²) in [5, 5.41) is 4.75. The van der Waals surface area contributed by atoms with Gasteiger partial charge in [-0.3, -0.25) is 0 Å². The highest BCUT2D eigenvalue weighted by molar-refractivity contribution is 6.21. The molecule has 11 aromatic rings. The van der Waals surface area contributed by atoms with Crippen molar-refractivity contribution in [3.05, 3.63) is 253 Å². The monoisotopic (exact) mass is 790 g/mol. The normalized spacial score (nSPS) is 14.5. The van der Waals surface area contributed by atoms with Crippen LogP contribution >= 0.6 is 0 Å². The zero-order valence-corrected chi connectivity index (χ0v) is 33.7. The van der Waals surface area contributed by atoms with Crippen molar-refractivity contribution in [3.8, 4) is 22.3 Å². The van der Waals surface area contributed by atoms with Gasteiger partial charge in [0, 0.05) is 39.2 Å². The average molecular weight is 791 g/mol. The van der Waals surface area contributed by atoms with Crippen LogP contribution in [0.2, 0.25) is 0 Å². The lowest BCUT2D eigenvalue weighted by molar-refractivity contribution is 0.668. The van der Waals surface area contributed by atoms with Gasteiger partial charge in [-0.05, 0) is 128 Å². The van der Waals surface area contributed by atoms with Crippen LogP contribution in [-0.4, -0.2) is 0 Å². The van der Waals surface area contributed by atoms with Crippen LogP contribution in [0, 0.1) is 0 Å². The van der Waals surface area contributed by atoms with Crippen LogP contribution < -0.4 is 9.80 Å². The molecule has 1 aromatic heterocycles. The number of rotatable bonds is 6. The zero-order chi connectivity index (χ0) is 40.8. The molecule has 1 spiro atoms. The van der Waals surface area contributed by atoms with Gasteiger partial charge in [-0.25, -0.2) is 0 Å². The van der Waals surface area contributed by atoms with Crippen molar-refractivity contribution >= 4 is 66.8 Å². The molecule has 0 saturated carbocycles. The van der Waals surface area contributed by atoms with E-state index in [1.807, 2.05) is 0 Å². The van der Waals surface area contributed by atoms with Gasteiger partial charge >= 0.3 is 0 Å². The SMILES string of the molecule is c1ccc(N(c2ccccc2)c2ccc3c(c2)C2(c4ccccc4-3)c3ccc4oc5c(N(c6ccccc6)c6ccccc6)cccc5c4c3-c3cccc4cccc2c34)cc1. The van der Waals surface area contributed by atoms with E-state index in [0.717, 1.165) is 56.1 Å². The van der Waals surface area contributed by atoms with Crippen molar-refractivity contribution in [3.63, 3.8) is 0 Å². The highest BCUT2D eigenvalue weighted by atomic mass is 16.3. The molecule has 62 heavy (non-hydrogen) atoms. The summed E-state index contributed by atoms with van der Waals surface area (Å²) in [5.74, 6) is 0. The third kappa shape index (κ3) is 4.82. The quantitative estimate of drug-likeness (QED) is 0.167. The minimum atomic E-state index is -0.625. The van der Waals surface area contributed by atoms with Gasteiger partial charge in [0.2, 0.25) is 0 Å². The second kappa shape index (κ2) is 13.4. The fraction of sp³-hybridized carbons (Fsp3) is 0.0169. The Morgan fingerprint density at radius 3 is 1.56 bits per heavy atom. The molecule has 0 bridgehead atoms. The van der Waals surface area contributed by atoms with E-state index in [-0.39, 0.29) is 0 Å². The summed E-state index contributed by atoms with van der Waals surface area (Å²) in [7, 11) is 0. The summed E-state index contributed by atoms with van der Waals surface area (Å²) in [4.78, 5) is 4.69. The van der Waals surface area contributed by atoms with Crippen molar-refractivity contribution in [2.24, 2.45) is 0 Å². The van der Waals surface area contributed by atoms with Crippen molar-refractivity contribution in [1.29, 1.82) is 0 Å². The van der Waals surface area contributed by atoms with Crippen molar-refractivity contribution < 1.29 is 4.42 Å². The molecule has 2 aliphatic carbocycles. The smallest absolute Gasteiger partial charge is 0.159 e. The molecule has 0 radical (unpaired) electrons. The molecule has 10 aromatic carbocycles. The third-order valence-electron chi connectivity index (χ3n) is 13.2. The van der Waals surface area contributed by atoms with Crippen LogP contribution in [-0.2, 0) is 5.41 Å². The molecule has 13 rings (SSSR count). The highest BCUT2D eigenvalue weighted by Gasteiger charge is 2.51. The fourth-order valence-corrected chi connectivity index (χ4v) is 10.8. The number of benzene rings is 10. The van der Waals surface area contributed by atoms with Crippen LogP contribution in [0.4, 0.5) is 34.1 Å². The van der Waals surface area contributed by atoms with Gasteiger partial charge in [0.1, 0.15) is 5.58 Å². The van der Waals surface area contributed by atoms with E-state index in [2.05, 4.69) is 240 Å².